The molecule has 8 nitrogen and oxygen atoms in total. The van der Waals surface area contributed by atoms with Gasteiger partial charge in [-0.25, -0.2) is 9.78 Å². The maximum absolute atomic E-state index is 14.3. The summed E-state index contributed by atoms with van der Waals surface area (Å²) < 4.78 is 31.0. The van der Waals surface area contributed by atoms with Crippen LogP contribution >= 0.6 is 0 Å². The zero-order valence-electron chi connectivity index (χ0n) is 24.7. The zero-order valence-corrected chi connectivity index (χ0v) is 23.9. The van der Waals surface area contributed by atoms with Gasteiger partial charge in [0.15, 0.2) is 0 Å². The summed E-state index contributed by atoms with van der Waals surface area (Å²) in [4.78, 5) is 27.6. The minimum atomic E-state index is -2.53. The van der Waals surface area contributed by atoms with E-state index in [0.717, 1.165) is 11.0 Å². The number of imidazole rings is 3. The van der Waals surface area contributed by atoms with Crippen molar-refractivity contribution in [2.45, 2.75) is 6.85 Å². The van der Waals surface area contributed by atoms with Crippen LogP contribution in [0.3, 0.4) is 0 Å². The number of fused-ring (bicyclic) bond motifs is 3. The molecule has 8 aromatic rings. The molecule has 4 heterocycles. The largest absolute Gasteiger partial charge is 0.448 e. The van der Waals surface area contributed by atoms with Crippen LogP contribution in [0.25, 0.3) is 56.0 Å². The molecule has 0 atom stereocenters. The Morgan fingerprint density at radius 2 is 1.55 bits per heavy atom. The van der Waals surface area contributed by atoms with E-state index in [1.165, 1.54) is 9.13 Å². The third kappa shape index (κ3) is 3.95. The quantitative estimate of drug-likeness (QED) is 0.223. The van der Waals surface area contributed by atoms with Gasteiger partial charge in [-0.3, -0.25) is 4.98 Å². The van der Waals surface area contributed by atoms with Crippen molar-refractivity contribution < 1.29 is 25.2 Å². The van der Waals surface area contributed by atoms with Gasteiger partial charge in [-0.1, -0.05) is 59.7 Å². The molecule has 0 N–H and O–H groups in total. The SMILES string of the molecule is [2H]C([2H])([2H])c1nc2cc3c([c-]c2n1-c1ccccn1)n(-c1[c-]c(-n2[c-]nc4ccccc42)ccc1)c(=O)n3-c1ccccc1.[Pt]. The van der Waals surface area contributed by atoms with Crippen LogP contribution < -0.4 is 5.69 Å². The summed E-state index contributed by atoms with van der Waals surface area (Å²) in [6.45, 7) is -2.53. The molecule has 0 bridgehead atoms. The molecule has 0 amide bonds. The van der Waals surface area contributed by atoms with Crippen LogP contribution in [0.2, 0.25) is 0 Å². The van der Waals surface area contributed by atoms with Crippen molar-refractivity contribution in [3.05, 3.63) is 138 Å². The van der Waals surface area contributed by atoms with E-state index < -0.39 is 6.85 Å². The summed E-state index contributed by atoms with van der Waals surface area (Å²) in [5.74, 6) is 0.232. The third-order valence-corrected chi connectivity index (χ3v) is 7.04. The molecule has 0 unspecified atom stereocenters. The predicted octanol–water partition coefficient (Wildman–Crippen LogP) is 5.56. The van der Waals surface area contributed by atoms with Crippen molar-refractivity contribution in [2.75, 3.05) is 0 Å². The minimum Gasteiger partial charge on any atom is -0.448 e. The van der Waals surface area contributed by atoms with Gasteiger partial charge >= 0.3 is 5.69 Å². The Kier molecular flexibility index (Phi) is 5.43. The van der Waals surface area contributed by atoms with Gasteiger partial charge in [-0.2, -0.15) is 23.9 Å². The van der Waals surface area contributed by atoms with Crippen molar-refractivity contribution in [3.8, 4) is 22.9 Å². The fraction of sp³-hybridized carbons (Fsp3) is 0.0303. The van der Waals surface area contributed by atoms with Gasteiger partial charge in [0.1, 0.15) is 5.82 Å². The maximum Gasteiger partial charge on any atom is 0.323 e. The molecular weight excluding hydrogens is 705 g/mol. The zero-order chi connectivity index (χ0) is 30.0. The molecule has 0 aliphatic rings. The van der Waals surface area contributed by atoms with E-state index in [9.17, 15) is 4.79 Å². The molecule has 0 fully saturated rings. The van der Waals surface area contributed by atoms with Gasteiger partial charge in [0.2, 0.25) is 0 Å². The van der Waals surface area contributed by atoms with Gasteiger partial charge in [-0.15, -0.1) is 18.2 Å². The van der Waals surface area contributed by atoms with Crippen LogP contribution in [0.5, 0.6) is 0 Å². The number of nitrogens with zero attached hydrogens (tertiary/aromatic N) is 7. The van der Waals surface area contributed by atoms with E-state index in [1.54, 1.807) is 45.7 Å². The summed E-state index contributed by atoms with van der Waals surface area (Å²) in [7, 11) is 0. The molecule has 0 saturated heterocycles. The average Bonchev–Trinajstić information content (AvgIpc) is 3.72. The van der Waals surface area contributed by atoms with Crippen LogP contribution in [0.1, 0.15) is 9.94 Å². The molecule has 206 valence electrons. The smallest absolute Gasteiger partial charge is 0.323 e. The Labute approximate surface area is 258 Å². The number of hydrogen-bond acceptors (Lipinski definition) is 4. The first-order chi connectivity index (χ1) is 21.4. The molecule has 0 spiro atoms. The Morgan fingerprint density at radius 1 is 0.738 bits per heavy atom. The number of hydrogen-bond donors (Lipinski definition) is 0. The molecule has 0 aliphatic carbocycles. The minimum absolute atomic E-state index is 0. The average molecular weight is 729 g/mol. The number of aryl methyl sites for hydroxylation is 1. The van der Waals surface area contributed by atoms with Crippen LogP contribution in [-0.2, 0) is 21.1 Å². The van der Waals surface area contributed by atoms with E-state index in [2.05, 4.69) is 33.4 Å². The van der Waals surface area contributed by atoms with Crippen molar-refractivity contribution in [3.63, 3.8) is 0 Å². The molecule has 4 aromatic carbocycles. The fourth-order valence-electron chi connectivity index (χ4n) is 5.23. The summed E-state index contributed by atoms with van der Waals surface area (Å²) in [5.41, 5.74) is 4.73. The number of benzene rings is 4. The van der Waals surface area contributed by atoms with Crippen molar-refractivity contribution >= 4 is 33.1 Å². The Balaban J connectivity index is 0.00000325. The molecule has 4 aromatic heterocycles. The molecule has 8 rings (SSSR count). The van der Waals surface area contributed by atoms with Gasteiger partial charge in [0.05, 0.1) is 5.82 Å². The first-order valence-electron chi connectivity index (χ1n) is 14.4. The van der Waals surface area contributed by atoms with Crippen LogP contribution in [-0.4, -0.2) is 33.2 Å². The van der Waals surface area contributed by atoms with E-state index >= 15 is 0 Å². The van der Waals surface area contributed by atoms with Gasteiger partial charge < -0.3 is 23.3 Å². The van der Waals surface area contributed by atoms with E-state index in [0.29, 0.717) is 44.9 Å². The second kappa shape index (κ2) is 10.1. The molecular formula is C33H20N7OPt-3. The van der Waals surface area contributed by atoms with Crippen LogP contribution in [0.4, 0.5) is 0 Å². The van der Waals surface area contributed by atoms with Crippen LogP contribution in [0.15, 0.2) is 108 Å². The summed E-state index contributed by atoms with van der Waals surface area (Å²) in [6, 6.07) is 36.1. The van der Waals surface area contributed by atoms with Crippen molar-refractivity contribution in [2.24, 2.45) is 0 Å². The van der Waals surface area contributed by atoms with E-state index in [-0.39, 0.29) is 32.6 Å². The van der Waals surface area contributed by atoms with E-state index in [1.807, 2.05) is 66.7 Å². The first-order valence-corrected chi connectivity index (χ1v) is 12.9. The third-order valence-electron chi connectivity index (χ3n) is 7.04. The standard InChI is InChI=1S/C33H20N7O.Pt/c1-22-36-27-19-30-31(20-29(27)38(22)32-16-7-8-17-34-32)40(33(41)39(30)23-10-3-2-4-11-23)25-13-9-12-24(18-25)37-21-35-26-14-5-6-15-28(26)37;/h2-17,19H,1H3;/q-3;/i1D3;. The molecule has 0 radical (unpaired) electrons. The first kappa shape index (κ1) is 22.6. The number of rotatable bonds is 4. The second-order valence-corrected chi connectivity index (χ2v) is 9.44. The Bertz CT molecular complexity index is 2410. The summed E-state index contributed by atoms with van der Waals surface area (Å²) in [5, 5.41) is 0. The molecule has 0 aliphatic heterocycles. The van der Waals surface area contributed by atoms with Gasteiger partial charge in [-0.05, 0) is 58.7 Å². The molecule has 42 heavy (non-hydrogen) atoms. The van der Waals surface area contributed by atoms with Gasteiger partial charge in [0, 0.05) is 43.4 Å². The molecule has 9 heteroatoms. The summed E-state index contributed by atoms with van der Waals surface area (Å²) in [6.07, 6.45) is 4.61. The van der Waals surface area contributed by atoms with E-state index in [4.69, 9.17) is 4.11 Å². The Hall–Kier alpha value is -5.07. The second-order valence-electron chi connectivity index (χ2n) is 9.44. The molecule has 0 saturated carbocycles. The number of para-hydroxylation sites is 3. The summed E-state index contributed by atoms with van der Waals surface area (Å²) >= 11 is 0. The van der Waals surface area contributed by atoms with Crippen molar-refractivity contribution in [1.29, 1.82) is 0 Å². The number of aromatic nitrogens is 7. The monoisotopic (exact) mass is 728 g/mol. The van der Waals surface area contributed by atoms with Gasteiger partial charge in [0.25, 0.3) is 0 Å². The Morgan fingerprint density at radius 3 is 2.38 bits per heavy atom. The van der Waals surface area contributed by atoms with Crippen LogP contribution in [0, 0.1) is 25.3 Å². The normalized spacial score (nSPS) is 12.7. The van der Waals surface area contributed by atoms with Crippen molar-refractivity contribution in [1.82, 2.24) is 33.2 Å². The maximum atomic E-state index is 14.3. The number of pyridine rings is 1. The topological polar surface area (TPSA) is 75.5 Å². The predicted molar refractivity (Wildman–Crippen MR) is 157 cm³/mol. The fourth-order valence-corrected chi connectivity index (χ4v) is 5.23.